The average molecular weight is 461 g/mol. The Bertz CT molecular complexity index is 595. The predicted octanol–water partition coefficient (Wildman–Crippen LogP) is 3.71. The molecule has 6 heteroatoms. The van der Waals surface area contributed by atoms with Gasteiger partial charge in [0.2, 0.25) is 0 Å². The van der Waals surface area contributed by atoms with Gasteiger partial charge in [0.1, 0.15) is 13.2 Å². The van der Waals surface area contributed by atoms with Gasteiger partial charge >= 0.3 is 0 Å². The molecule has 1 aromatic rings. The molecule has 0 fully saturated rings. The number of hydrogen-bond acceptors (Lipinski definition) is 3. The van der Waals surface area contributed by atoms with E-state index in [2.05, 4.69) is 64.3 Å². The number of rotatable bonds is 4. The van der Waals surface area contributed by atoms with Crippen LogP contribution < -0.4 is 20.1 Å². The van der Waals surface area contributed by atoms with Crippen molar-refractivity contribution in [3.05, 3.63) is 23.8 Å². The van der Waals surface area contributed by atoms with Crippen LogP contribution in [0.15, 0.2) is 23.2 Å². The van der Waals surface area contributed by atoms with Crippen LogP contribution in [0.4, 0.5) is 0 Å². The molecule has 0 spiro atoms. The number of ether oxygens (including phenoxy) is 2. The molecule has 2 N–H and O–H groups in total. The molecule has 142 valence electrons. The van der Waals surface area contributed by atoms with Gasteiger partial charge in [0, 0.05) is 17.5 Å². The first-order valence-electron chi connectivity index (χ1n) is 8.68. The summed E-state index contributed by atoms with van der Waals surface area (Å²) < 4.78 is 11.3. The quantitative estimate of drug-likeness (QED) is 0.408. The lowest BCUT2D eigenvalue weighted by atomic mass is 9.84. The van der Waals surface area contributed by atoms with Gasteiger partial charge in [-0.1, -0.05) is 19.9 Å². The Hall–Kier alpha value is -1.18. The van der Waals surface area contributed by atoms with Gasteiger partial charge in [0.05, 0.1) is 6.54 Å². The van der Waals surface area contributed by atoms with Gasteiger partial charge in [-0.25, -0.2) is 0 Å². The van der Waals surface area contributed by atoms with Crippen molar-refractivity contribution in [3.63, 3.8) is 0 Å². The Morgan fingerprint density at radius 1 is 1.08 bits per heavy atom. The fourth-order valence-corrected chi connectivity index (χ4v) is 2.49. The van der Waals surface area contributed by atoms with Crippen molar-refractivity contribution in [2.75, 3.05) is 26.3 Å². The highest BCUT2D eigenvalue weighted by Crippen LogP contribution is 2.35. The largest absolute Gasteiger partial charge is 0.486 e. The molecule has 0 aromatic heterocycles. The molecule has 0 saturated carbocycles. The number of halogens is 1. The highest BCUT2D eigenvalue weighted by Gasteiger charge is 2.24. The fraction of sp³-hybridized carbons (Fsp3) is 0.632. The van der Waals surface area contributed by atoms with Crippen LogP contribution >= 0.6 is 24.0 Å². The van der Waals surface area contributed by atoms with Crippen molar-refractivity contribution in [1.82, 2.24) is 10.6 Å². The van der Waals surface area contributed by atoms with Crippen LogP contribution in [0.5, 0.6) is 11.5 Å². The monoisotopic (exact) mass is 461 g/mol. The maximum atomic E-state index is 5.70. The molecule has 0 radical (unpaired) electrons. The van der Waals surface area contributed by atoms with E-state index in [1.165, 1.54) is 5.56 Å². The minimum atomic E-state index is -0.101. The summed E-state index contributed by atoms with van der Waals surface area (Å²) in [6.07, 6.45) is 0. The zero-order valence-electron chi connectivity index (χ0n) is 16.2. The fourth-order valence-electron chi connectivity index (χ4n) is 2.49. The van der Waals surface area contributed by atoms with Crippen LogP contribution in [-0.2, 0) is 5.41 Å². The van der Waals surface area contributed by atoms with Crippen molar-refractivity contribution >= 4 is 29.9 Å². The van der Waals surface area contributed by atoms with Gasteiger partial charge in [-0.3, -0.25) is 4.99 Å². The number of nitrogens with one attached hydrogen (secondary N) is 2. The van der Waals surface area contributed by atoms with Crippen molar-refractivity contribution in [3.8, 4) is 11.5 Å². The number of aliphatic imine (C=N–C) groups is 1. The molecule has 2 rings (SSSR count). The second-order valence-electron chi connectivity index (χ2n) is 7.81. The highest BCUT2D eigenvalue weighted by molar-refractivity contribution is 14.0. The van der Waals surface area contributed by atoms with E-state index in [4.69, 9.17) is 14.5 Å². The van der Waals surface area contributed by atoms with E-state index >= 15 is 0 Å². The maximum Gasteiger partial charge on any atom is 0.191 e. The second kappa shape index (κ2) is 8.96. The maximum absolute atomic E-state index is 5.70. The second-order valence-corrected chi connectivity index (χ2v) is 7.81. The summed E-state index contributed by atoms with van der Waals surface area (Å²) in [4.78, 5) is 4.78. The summed E-state index contributed by atoms with van der Waals surface area (Å²) in [5.41, 5.74) is 1.07. The Morgan fingerprint density at radius 3 is 2.32 bits per heavy atom. The first kappa shape index (κ1) is 21.9. The summed E-state index contributed by atoms with van der Waals surface area (Å²) in [6, 6.07) is 6.18. The lowest BCUT2D eigenvalue weighted by Crippen LogP contribution is -2.48. The molecule has 0 atom stereocenters. The van der Waals surface area contributed by atoms with Crippen LogP contribution in [-0.4, -0.2) is 37.8 Å². The molecule has 1 aliphatic heterocycles. The molecule has 25 heavy (non-hydrogen) atoms. The van der Waals surface area contributed by atoms with Crippen LogP contribution in [0.25, 0.3) is 0 Å². The summed E-state index contributed by atoms with van der Waals surface area (Å²) in [5.74, 6) is 2.50. The smallest absolute Gasteiger partial charge is 0.191 e. The summed E-state index contributed by atoms with van der Waals surface area (Å²) in [6.45, 7) is 15.6. The first-order valence-corrected chi connectivity index (χ1v) is 8.68. The number of guanidine groups is 1. The van der Waals surface area contributed by atoms with E-state index < -0.39 is 0 Å². The molecule has 0 aliphatic carbocycles. The van der Waals surface area contributed by atoms with E-state index in [1.807, 2.05) is 6.07 Å². The molecule has 5 nitrogen and oxygen atoms in total. The number of hydrogen-bond donors (Lipinski definition) is 2. The van der Waals surface area contributed by atoms with Gasteiger partial charge in [0.15, 0.2) is 17.5 Å². The van der Waals surface area contributed by atoms with Crippen LogP contribution in [0.3, 0.4) is 0 Å². The normalized spacial score (nSPS) is 14.6. The van der Waals surface area contributed by atoms with Crippen LogP contribution in [0.1, 0.15) is 47.1 Å². The van der Waals surface area contributed by atoms with Gasteiger partial charge in [0.25, 0.3) is 0 Å². The average Bonchev–Trinajstić information content (AvgIpc) is 2.51. The molecular formula is C19H32IN3O2. The molecule has 1 heterocycles. The third kappa shape index (κ3) is 6.56. The van der Waals surface area contributed by atoms with Crippen molar-refractivity contribution in [1.29, 1.82) is 0 Å². The lowest BCUT2D eigenvalue weighted by molar-refractivity contribution is 0.171. The van der Waals surface area contributed by atoms with Gasteiger partial charge in [-0.15, -0.1) is 24.0 Å². The summed E-state index contributed by atoms with van der Waals surface area (Å²) in [5, 5.41) is 6.73. The number of fused-ring (bicyclic) bond motifs is 1. The summed E-state index contributed by atoms with van der Waals surface area (Å²) >= 11 is 0. The SMILES string of the molecule is CCNC(=NCC(C)(C)c1ccc2c(c1)OCCO2)NC(C)(C)C.I. The Morgan fingerprint density at radius 2 is 1.72 bits per heavy atom. The van der Waals surface area contributed by atoms with E-state index in [0.29, 0.717) is 19.8 Å². The van der Waals surface area contributed by atoms with E-state index in [-0.39, 0.29) is 34.9 Å². The van der Waals surface area contributed by atoms with E-state index in [9.17, 15) is 0 Å². The first-order chi connectivity index (χ1) is 11.2. The number of nitrogens with zero attached hydrogens (tertiary/aromatic N) is 1. The minimum absolute atomic E-state index is 0. The van der Waals surface area contributed by atoms with Crippen molar-refractivity contribution in [2.45, 2.75) is 52.5 Å². The van der Waals surface area contributed by atoms with Gasteiger partial charge in [-0.05, 0) is 45.4 Å². The zero-order valence-corrected chi connectivity index (χ0v) is 18.6. The standard InChI is InChI=1S/C19H31N3O2.HI/c1-7-20-17(22-18(2,3)4)21-13-19(5,6)14-8-9-15-16(12-14)24-11-10-23-15;/h8-9,12H,7,10-11,13H2,1-6H3,(H2,20,21,22);1H. The highest BCUT2D eigenvalue weighted by atomic mass is 127. The Labute approximate surface area is 169 Å². The molecular weight excluding hydrogens is 429 g/mol. The molecule has 0 saturated heterocycles. The van der Waals surface area contributed by atoms with Gasteiger partial charge in [-0.2, -0.15) is 0 Å². The Balaban J connectivity index is 0.00000312. The molecule has 1 aliphatic rings. The number of benzene rings is 1. The lowest BCUT2D eigenvalue weighted by Gasteiger charge is -2.28. The molecule has 0 amide bonds. The molecule has 0 bridgehead atoms. The van der Waals surface area contributed by atoms with E-state index in [1.54, 1.807) is 0 Å². The third-order valence-electron chi connectivity index (χ3n) is 3.79. The molecule has 1 aromatic carbocycles. The van der Waals surface area contributed by atoms with Crippen LogP contribution in [0.2, 0.25) is 0 Å². The van der Waals surface area contributed by atoms with Crippen LogP contribution in [0, 0.1) is 0 Å². The summed E-state index contributed by atoms with van der Waals surface area (Å²) in [7, 11) is 0. The topological polar surface area (TPSA) is 54.9 Å². The Kier molecular flexibility index (Phi) is 7.84. The van der Waals surface area contributed by atoms with Crippen molar-refractivity contribution < 1.29 is 9.47 Å². The third-order valence-corrected chi connectivity index (χ3v) is 3.79. The zero-order chi connectivity index (χ0) is 17.8. The van der Waals surface area contributed by atoms with Gasteiger partial charge < -0.3 is 20.1 Å². The predicted molar refractivity (Wildman–Crippen MR) is 115 cm³/mol. The molecule has 0 unspecified atom stereocenters. The van der Waals surface area contributed by atoms with E-state index in [0.717, 1.165) is 24.0 Å². The van der Waals surface area contributed by atoms with Crippen molar-refractivity contribution in [2.24, 2.45) is 4.99 Å². The minimum Gasteiger partial charge on any atom is -0.486 e.